The van der Waals surface area contributed by atoms with E-state index < -0.39 is 18.3 Å². The van der Waals surface area contributed by atoms with Crippen LogP contribution in [-0.4, -0.2) is 42.5 Å². The smallest absolute Gasteiger partial charge is 0.308 e. The lowest BCUT2D eigenvalue weighted by Gasteiger charge is -2.34. The van der Waals surface area contributed by atoms with Crippen molar-refractivity contribution in [3.8, 4) is 0 Å². The number of hydrogen-bond donors (Lipinski definition) is 1. The van der Waals surface area contributed by atoms with Crippen molar-refractivity contribution in [3.05, 3.63) is 0 Å². The summed E-state index contributed by atoms with van der Waals surface area (Å²) in [6, 6.07) is 0. The van der Waals surface area contributed by atoms with Crippen LogP contribution in [-0.2, 0) is 4.79 Å². The first-order valence-electron chi connectivity index (χ1n) is 4.70. The second-order valence-electron chi connectivity index (χ2n) is 3.88. The third-order valence-corrected chi connectivity index (χ3v) is 2.76. The number of hydrogen-bond acceptors (Lipinski definition) is 2. The summed E-state index contributed by atoms with van der Waals surface area (Å²) in [7, 11) is 1.81. The van der Waals surface area contributed by atoms with Gasteiger partial charge in [0.25, 0.3) is 0 Å². The number of alkyl halides is 2. The Kier molecular flexibility index (Phi) is 3.80. The van der Waals surface area contributed by atoms with Crippen LogP contribution in [0.2, 0.25) is 0 Å². The van der Waals surface area contributed by atoms with E-state index in [-0.39, 0.29) is 12.3 Å². The molecule has 0 bridgehead atoms. The molecule has 2 unspecified atom stereocenters. The first-order valence-corrected chi connectivity index (χ1v) is 4.70. The summed E-state index contributed by atoms with van der Waals surface area (Å²) >= 11 is 0. The number of nitrogens with zero attached hydrogens (tertiary/aromatic N) is 1. The van der Waals surface area contributed by atoms with Crippen molar-refractivity contribution in [2.45, 2.75) is 19.3 Å². The number of halogens is 2. The largest absolute Gasteiger partial charge is 0.481 e. The van der Waals surface area contributed by atoms with E-state index in [0.717, 1.165) is 0 Å². The summed E-state index contributed by atoms with van der Waals surface area (Å²) in [5.41, 5.74) is 0. The van der Waals surface area contributed by atoms with E-state index in [4.69, 9.17) is 5.11 Å². The molecule has 0 aromatic heterocycles. The highest BCUT2D eigenvalue weighted by Crippen LogP contribution is 2.28. The summed E-state index contributed by atoms with van der Waals surface area (Å²) in [4.78, 5) is 12.7. The molecule has 1 fully saturated rings. The molecule has 3 nitrogen and oxygen atoms in total. The van der Waals surface area contributed by atoms with Crippen LogP contribution in [0, 0.1) is 11.8 Å². The van der Waals surface area contributed by atoms with Gasteiger partial charge in [0.1, 0.15) is 0 Å². The molecule has 82 valence electrons. The summed E-state index contributed by atoms with van der Waals surface area (Å²) in [5.74, 6) is -1.96. The van der Waals surface area contributed by atoms with Crippen LogP contribution in [0.3, 0.4) is 0 Å². The molecule has 2 atom stereocenters. The predicted molar refractivity (Wildman–Crippen MR) is 47.4 cm³/mol. The van der Waals surface area contributed by atoms with Gasteiger partial charge in [-0.1, -0.05) is 0 Å². The maximum Gasteiger partial charge on any atom is 0.308 e. The molecule has 1 saturated heterocycles. The molecule has 0 saturated carbocycles. The molecule has 0 aliphatic carbocycles. The molecule has 5 heteroatoms. The number of carboxylic acids is 1. The second kappa shape index (κ2) is 4.68. The van der Waals surface area contributed by atoms with Crippen molar-refractivity contribution in [1.29, 1.82) is 0 Å². The lowest BCUT2D eigenvalue weighted by Crippen LogP contribution is -2.42. The average Bonchev–Trinajstić information content (AvgIpc) is 2.07. The lowest BCUT2D eigenvalue weighted by atomic mass is 9.83. The quantitative estimate of drug-likeness (QED) is 0.758. The summed E-state index contributed by atoms with van der Waals surface area (Å²) < 4.78 is 24.3. The summed E-state index contributed by atoms with van der Waals surface area (Å²) in [6.45, 7) is 1.09. The second-order valence-corrected chi connectivity index (χ2v) is 3.88. The van der Waals surface area contributed by atoms with Crippen molar-refractivity contribution in [1.82, 2.24) is 4.90 Å². The Labute approximate surface area is 81.7 Å². The Balaban J connectivity index is 2.58. The number of carbonyl (C=O) groups is 1. The van der Waals surface area contributed by atoms with Crippen molar-refractivity contribution in [2.24, 2.45) is 11.8 Å². The number of likely N-dealkylation sites (tertiary alicyclic amines) is 1. The fraction of sp³-hybridized carbons (Fsp3) is 0.889. The first kappa shape index (κ1) is 11.4. The highest BCUT2D eigenvalue weighted by Gasteiger charge is 2.34. The van der Waals surface area contributed by atoms with Crippen LogP contribution < -0.4 is 0 Å². The lowest BCUT2D eigenvalue weighted by molar-refractivity contribution is -0.146. The van der Waals surface area contributed by atoms with Crippen molar-refractivity contribution >= 4 is 5.97 Å². The molecule has 0 radical (unpaired) electrons. The van der Waals surface area contributed by atoms with Crippen LogP contribution in [0.5, 0.6) is 0 Å². The van der Waals surface area contributed by atoms with E-state index in [1.807, 2.05) is 11.9 Å². The number of carboxylic acid groups (broad SMARTS) is 1. The summed E-state index contributed by atoms with van der Waals surface area (Å²) in [5, 5.41) is 8.87. The van der Waals surface area contributed by atoms with E-state index in [1.54, 1.807) is 0 Å². The fourth-order valence-corrected chi connectivity index (χ4v) is 1.95. The number of aliphatic carboxylic acids is 1. The SMILES string of the molecule is CN1CCC(CC(F)F)C(C(=O)O)C1. The van der Waals surface area contributed by atoms with E-state index in [2.05, 4.69) is 0 Å². The third kappa shape index (κ3) is 2.90. The molecular weight excluding hydrogens is 192 g/mol. The Morgan fingerprint density at radius 1 is 1.64 bits per heavy atom. The van der Waals surface area contributed by atoms with Gasteiger partial charge in [0.15, 0.2) is 0 Å². The Morgan fingerprint density at radius 2 is 2.29 bits per heavy atom. The zero-order valence-corrected chi connectivity index (χ0v) is 8.12. The Hall–Kier alpha value is -0.710. The molecular formula is C9H15F2NO2. The van der Waals surface area contributed by atoms with Crippen LogP contribution in [0.15, 0.2) is 0 Å². The van der Waals surface area contributed by atoms with Gasteiger partial charge in [0.05, 0.1) is 5.92 Å². The monoisotopic (exact) mass is 207 g/mol. The average molecular weight is 207 g/mol. The van der Waals surface area contributed by atoms with Gasteiger partial charge >= 0.3 is 5.97 Å². The van der Waals surface area contributed by atoms with Gasteiger partial charge in [0, 0.05) is 13.0 Å². The topological polar surface area (TPSA) is 40.5 Å². The normalized spacial score (nSPS) is 29.4. The van der Waals surface area contributed by atoms with E-state index in [0.29, 0.717) is 19.5 Å². The fourth-order valence-electron chi connectivity index (χ4n) is 1.95. The van der Waals surface area contributed by atoms with Crippen LogP contribution in [0.1, 0.15) is 12.8 Å². The van der Waals surface area contributed by atoms with Crippen molar-refractivity contribution in [2.75, 3.05) is 20.1 Å². The minimum Gasteiger partial charge on any atom is -0.481 e. The van der Waals surface area contributed by atoms with E-state index in [9.17, 15) is 13.6 Å². The van der Waals surface area contributed by atoms with Gasteiger partial charge in [0.2, 0.25) is 6.43 Å². The molecule has 1 rings (SSSR count). The maximum atomic E-state index is 12.1. The number of rotatable bonds is 3. The number of piperidine rings is 1. The van der Waals surface area contributed by atoms with Crippen LogP contribution in [0.4, 0.5) is 8.78 Å². The zero-order valence-electron chi connectivity index (χ0n) is 8.12. The molecule has 14 heavy (non-hydrogen) atoms. The molecule has 1 heterocycles. The maximum absolute atomic E-state index is 12.1. The molecule has 0 aromatic carbocycles. The van der Waals surface area contributed by atoms with Crippen LogP contribution in [0.25, 0.3) is 0 Å². The van der Waals surface area contributed by atoms with Crippen molar-refractivity contribution < 1.29 is 18.7 Å². The molecule has 0 spiro atoms. The predicted octanol–water partition coefficient (Wildman–Crippen LogP) is 1.29. The minimum absolute atomic E-state index is 0.287. The van der Waals surface area contributed by atoms with Gasteiger partial charge in [-0.05, 0) is 25.9 Å². The van der Waals surface area contributed by atoms with Gasteiger partial charge < -0.3 is 10.0 Å². The third-order valence-electron chi connectivity index (χ3n) is 2.76. The molecule has 1 aliphatic heterocycles. The van der Waals surface area contributed by atoms with Crippen LogP contribution >= 0.6 is 0 Å². The molecule has 0 aromatic rings. The zero-order chi connectivity index (χ0) is 10.7. The Bertz CT molecular complexity index is 211. The van der Waals surface area contributed by atoms with Gasteiger partial charge in [-0.25, -0.2) is 8.78 Å². The van der Waals surface area contributed by atoms with E-state index in [1.165, 1.54) is 0 Å². The summed E-state index contributed by atoms with van der Waals surface area (Å²) in [6.07, 6.45) is -2.13. The minimum atomic E-state index is -2.40. The first-order chi connectivity index (χ1) is 6.50. The molecule has 1 N–H and O–H groups in total. The van der Waals surface area contributed by atoms with Crippen molar-refractivity contribution in [3.63, 3.8) is 0 Å². The molecule has 0 amide bonds. The van der Waals surface area contributed by atoms with E-state index >= 15 is 0 Å². The van der Waals surface area contributed by atoms with Gasteiger partial charge in [-0.15, -0.1) is 0 Å². The highest BCUT2D eigenvalue weighted by atomic mass is 19.3. The standard InChI is InChI=1S/C9H15F2NO2/c1-12-3-2-6(4-8(10)11)7(5-12)9(13)14/h6-8H,2-5H2,1H3,(H,13,14). The van der Waals surface area contributed by atoms with Gasteiger partial charge in [-0.3, -0.25) is 4.79 Å². The Morgan fingerprint density at radius 3 is 2.79 bits per heavy atom. The molecule has 1 aliphatic rings. The highest BCUT2D eigenvalue weighted by molar-refractivity contribution is 5.70. The van der Waals surface area contributed by atoms with Gasteiger partial charge in [-0.2, -0.15) is 0 Å².